The van der Waals surface area contributed by atoms with E-state index in [4.69, 9.17) is 0 Å². The lowest BCUT2D eigenvalue weighted by molar-refractivity contribution is 0.970. The summed E-state index contributed by atoms with van der Waals surface area (Å²) in [6.45, 7) is 0. The van der Waals surface area contributed by atoms with Gasteiger partial charge in [-0.25, -0.2) is 0 Å². The fourth-order valence-electron chi connectivity index (χ4n) is 2.69. The van der Waals surface area contributed by atoms with Crippen molar-refractivity contribution >= 4 is 32.7 Å². The van der Waals surface area contributed by atoms with Crippen molar-refractivity contribution in [3.05, 3.63) is 58.9 Å². The lowest BCUT2D eigenvalue weighted by atomic mass is 10.1. The average Bonchev–Trinajstić information content (AvgIpc) is 2.79. The molecule has 0 saturated heterocycles. The Morgan fingerprint density at radius 1 is 1.00 bits per heavy atom. The first-order valence-corrected chi connectivity index (χ1v) is 6.24. The molecule has 0 amide bonds. The van der Waals surface area contributed by atoms with Gasteiger partial charge in [0.1, 0.15) is 0 Å². The maximum atomic E-state index is 12.5. The number of nitrogens with one attached hydrogen (secondary N) is 1. The van der Waals surface area contributed by atoms with Crippen LogP contribution >= 0.6 is 0 Å². The fourth-order valence-corrected chi connectivity index (χ4v) is 2.69. The standard InChI is InChI=1S/C16H12N2O/c1-18-7-6-10-8-12-14(9-15(10)18)17-13-5-3-2-4-11(13)16(12)19/h2-9H,1H3,(H,17,19). The van der Waals surface area contributed by atoms with Crippen LogP contribution in [-0.4, -0.2) is 9.55 Å². The third-order valence-electron chi connectivity index (χ3n) is 3.71. The highest BCUT2D eigenvalue weighted by Gasteiger charge is 2.07. The maximum Gasteiger partial charge on any atom is 0.197 e. The predicted octanol–water partition coefficient (Wildman–Crippen LogP) is 3.17. The number of H-pyrrole nitrogens is 1. The van der Waals surface area contributed by atoms with Crippen molar-refractivity contribution < 1.29 is 0 Å². The maximum absolute atomic E-state index is 12.5. The van der Waals surface area contributed by atoms with Crippen molar-refractivity contribution in [2.45, 2.75) is 0 Å². The lowest BCUT2D eigenvalue weighted by Gasteiger charge is -2.04. The normalized spacial score (nSPS) is 11.6. The van der Waals surface area contributed by atoms with E-state index in [1.807, 2.05) is 55.7 Å². The summed E-state index contributed by atoms with van der Waals surface area (Å²) in [6, 6.07) is 13.7. The number of hydrogen-bond acceptors (Lipinski definition) is 1. The van der Waals surface area contributed by atoms with Crippen LogP contribution in [0.2, 0.25) is 0 Å². The minimum atomic E-state index is 0.0927. The Balaban J connectivity index is 2.30. The van der Waals surface area contributed by atoms with E-state index in [1.54, 1.807) is 0 Å². The van der Waals surface area contributed by atoms with Gasteiger partial charge in [0.25, 0.3) is 0 Å². The number of nitrogens with zero attached hydrogens (tertiary/aromatic N) is 1. The number of para-hydroxylation sites is 1. The van der Waals surface area contributed by atoms with Crippen molar-refractivity contribution in [3.8, 4) is 0 Å². The van der Waals surface area contributed by atoms with Gasteiger partial charge < -0.3 is 9.55 Å². The number of aromatic nitrogens is 2. The van der Waals surface area contributed by atoms with Gasteiger partial charge in [0.2, 0.25) is 0 Å². The minimum absolute atomic E-state index is 0.0927. The second-order valence-electron chi connectivity index (χ2n) is 4.88. The van der Waals surface area contributed by atoms with Crippen LogP contribution in [0.4, 0.5) is 0 Å². The molecule has 0 radical (unpaired) electrons. The molecule has 0 aliphatic rings. The first-order valence-electron chi connectivity index (χ1n) is 6.24. The van der Waals surface area contributed by atoms with Crippen LogP contribution in [0.25, 0.3) is 32.7 Å². The Morgan fingerprint density at radius 2 is 1.84 bits per heavy atom. The van der Waals surface area contributed by atoms with Crippen molar-refractivity contribution in [3.63, 3.8) is 0 Å². The lowest BCUT2D eigenvalue weighted by Crippen LogP contribution is -2.04. The fraction of sp³-hybridized carbons (Fsp3) is 0.0625. The van der Waals surface area contributed by atoms with Crippen LogP contribution in [0.1, 0.15) is 0 Å². The Morgan fingerprint density at radius 3 is 2.74 bits per heavy atom. The molecule has 19 heavy (non-hydrogen) atoms. The van der Waals surface area contributed by atoms with E-state index in [9.17, 15) is 4.79 Å². The highest BCUT2D eigenvalue weighted by Crippen LogP contribution is 2.22. The molecule has 2 aromatic carbocycles. The van der Waals surface area contributed by atoms with Gasteiger partial charge >= 0.3 is 0 Å². The van der Waals surface area contributed by atoms with Crippen LogP contribution < -0.4 is 5.43 Å². The molecule has 0 saturated carbocycles. The van der Waals surface area contributed by atoms with Gasteiger partial charge in [0.15, 0.2) is 5.43 Å². The molecule has 4 aromatic rings. The number of hydrogen-bond donors (Lipinski definition) is 1. The quantitative estimate of drug-likeness (QED) is 0.477. The Bertz CT molecular complexity index is 992. The molecule has 4 rings (SSSR count). The number of fused-ring (bicyclic) bond motifs is 3. The van der Waals surface area contributed by atoms with E-state index in [-0.39, 0.29) is 5.43 Å². The number of benzene rings is 2. The molecular formula is C16H12N2O. The second-order valence-corrected chi connectivity index (χ2v) is 4.88. The summed E-state index contributed by atoms with van der Waals surface area (Å²) in [5.41, 5.74) is 2.99. The van der Waals surface area contributed by atoms with E-state index >= 15 is 0 Å². The van der Waals surface area contributed by atoms with E-state index in [0.29, 0.717) is 0 Å². The monoisotopic (exact) mass is 248 g/mol. The average molecular weight is 248 g/mol. The first kappa shape index (κ1) is 10.4. The third kappa shape index (κ3) is 1.35. The van der Waals surface area contributed by atoms with Crippen molar-refractivity contribution in [2.75, 3.05) is 0 Å². The molecular weight excluding hydrogens is 236 g/mol. The van der Waals surface area contributed by atoms with Crippen LogP contribution in [0, 0.1) is 0 Å². The van der Waals surface area contributed by atoms with Gasteiger partial charge in [-0.1, -0.05) is 12.1 Å². The summed E-state index contributed by atoms with van der Waals surface area (Å²) in [7, 11) is 2.01. The number of pyridine rings is 1. The largest absolute Gasteiger partial charge is 0.354 e. The Hall–Kier alpha value is -2.55. The molecule has 0 unspecified atom stereocenters. The van der Waals surface area contributed by atoms with Crippen molar-refractivity contribution in [1.82, 2.24) is 9.55 Å². The van der Waals surface area contributed by atoms with Crippen LogP contribution in [0.3, 0.4) is 0 Å². The first-order chi connectivity index (χ1) is 9.24. The molecule has 0 bridgehead atoms. The Labute approximate surface area is 109 Å². The van der Waals surface area contributed by atoms with Gasteiger partial charge in [-0.3, -0.25) is 4.79 Å². The van der Waals surface area contributed by atoms with Crippen LogP contribution in [0.15, 0.2) is 53.5 Å². The molecule has 0 atom stereocenters. The summed E-state index contributed by atoms with van der Waals surface area (Å²) in [5, 5.41) is 2.58. The minimum Gasteiger partial charge on any atom is -0.354 e. The van der Waals surface area contributed by atoms with Gasteiger partial charge in [-0.15, -0.1) is 0 Å². The zero-order valence-corrected chi connectivity index (χ0v) is 10.5. The van der Waals surface area contributed by atoms with Gasteiger partial charge in [0.05, 0.1) is 5.52 Å². The van der Waals surface area contributed by atoms with Gasteiger partial charge in [-0.2, -0.15) is 0 Å². The zero-order chi connectivity index (χ0) is 13.0. The highest BCUT2D eigenvalue weighted by atomic mass is 16.1. The van der Waals surface area contributed by atoms with E-state index in [1.165, 1.54) is 0 Å². The molecule has 2 heterocycles. The van der Waals surface area contributed by atoms with Crippen LogP contribution in [-0.2, 0) is 7.05 Å². The van der Waals surface area contributed by atoms with Crippen molar-refractivity contribution in [1.29, 1.82) is 0 Å². The van der Waals surface area contributed by atoms with Crippen molar-refractivity contribution in [2.24, 2.45) is 7.05 Å². The SMILES string of the molecule is Cn1ccc2cc3c(=O)c4ccccc4[nH]c3cc21. The molecule has 0 fully saturated rings. The topological polar surface area (TPSA) is 37.8 Å². The molecule has 92 valence electrons. The third-order valence-corrected chi connectivity index (χ3v) is 3.71. The molecule has 3 nitrogen and oxygen atoms in total. The molecule has 0 aliphatic heterocycles. The summed E-state index contributed by atoms with van der Waals surface area (Å²) in [6.07, 6.45) is 2.01. The number of aryl methyl sites for hydroxylation is 1. The number of aromatic amines is 1. The van der Waals surface area contributed by atoms with Gasteiger partial charge in [-0.05, 0) is 30.3 Å². The van der Waals surface area contributed by atoms with E-state index in [0.717, 1.165) is 32.7 Å². The van der Waals surface area contributed by atoms with Gasteiger partial charge in [0, 0.05) is 40.4 Å². The molecule has 2 aromatic heterocycles. The number of rotatable bonds is 0. The second kappa shape index (κ2) is 3.48. The molecule has 0 spiro atoms. The highest BCUT2D eigenvalue weighted by molar-refractivity contribution is 6.00. The summed E-state index contributed by atoms with van der Waals surface area (Å²) >= 11 is 0. The molecule has 3 heteroatoms. The molecule has 0 aliphatic carbocycles. The summed E-state index contributed by atoms with van der Waals surface area (Å²) in [5.74, 6) is 0. The predicted molar refractivity (Wildman–Crippen MR) is 78.6 cm³/mol. The zero-order valence-electron chi connectivity index (χ0n) is 10.5. The van der Waals surface area contributed by atoms with Crippen LogP contribution in [0.5, 0.6) is 0 Å². The summed E-state index contributed by atoms with van der Waals surface area (Å²) < 4.78 is 2.06. The smallest absolute Gasteiger partial charge is 0.197 e. The summed E-state index contributed by atoms with van der Waals surface area (Å²) in [4.78, 5) is 15.9. The van der Waals surface area contributed by atoms with E-state index < -0.39 is 0 Å². The Kier molecular flexibility index (Phi) is 1.90. The van der Waals surface area contributed by atoms with E-state index in [2.05, 4.69) is 9.55 Å². The molecule has 1 N–H and O–H groups in total.